The number of para-hydroxylation sites is 1. The number of pyridine rings is 1. The number of rotatable bonds is 5. The summed E-state index contributed by atoms with van der Waals surface area (Å²) >= 11 is 0. The first-order valence-electron chi connectivity index (χ1n) is 7.69. The van der Waals surface area contributed by atoms with Crippen LogP contribution < -0.4 is 0 Å². The fourth-order valence-electron chi connectivity index (χ4n) is 2.37. The molecule has 0 bridgehead atoms. The molecule has 0 N–H and O–H groups in total. The summed E-state index contributed by atoms with van der Waals surface area (Å²) < 4.78 is 0. The standard InChI is InChI=1S/C18H24N2O/c1-5-6-11-20(4)18(21)15-12-17(13(2)3)19-16-10-8-7-9-14(15)16/h7-10,12-13H,5-6,11H2,1-4H3. The lowest BCUT2D eigenvalue weighted by molar-refractivity contribution is 0.0795. The molecule has 1 heterocycles. The molecule has 2 aromatic rings. The summed E-state index contributed by atoms with van der Waals surface area (Å²) in [5.41, 5.74) is 2.64. The van der Waals surface area contributed by atoms with E-state index in [1.165, 1.54) is 0 Å². The van der Waals surface area contributed by atoms with Crippen molar-refractivity contribution in [3.8, 4) is 0 Å². The van der Waals surface area contributed by atoms with Crippen LogP contribution >= 0.6 is 0 Å². The van der Waals surface area contributed by atoms with Crippen LogP contribution in [0, 0.1) is 0 Å². The Morgan fingerprint density at radius 3 is 2.67 bits per heavy atom. The largest absolute Gasteiger partial charge is 0.342 e. The number of carbonyl (C=O) groups is 1. The highest BCUT2D eigenvalue weighted by Crippen LogP contribution is 2.23. The van der Waals surface area contributed by atoms with E-state index in [9.17, 15) is 4.79 Å². The van der Waals surface area contributed by atoms with E-state index in [-0.39, 0.29) is 5.91 Å². The molecule has 1 amide bonds. The summed E-state index contributed by atoms with van der Waals surface area (Å²) in [5, 5.41) is 0.940. The topological polar surface area (TPSA) is 33.2 Å². The van der Waals surface area contributed by atoms with E-state index in [0.29, 0.717) is 5.92 Å². The third-order valence-corrected chi connectivity index (χ3v) is 3.75. The normalized spacial score (nSPS) is 11.1. The zero-order valence-corrected chi connectivity index (χ0v) is 13.4. The lowest BCUT2D eigenvalue weighted by Crippen LogP contribution is -2.28. The van der Waals surface area contributed by atoms with Crippen LogP contribution in [0.4, 0.5) is 0 Å². The molecule has 21 heavy (non-hydrogen) atoms. The van der Waals surface area contributed by atoms with Gasteiger partial charge >= 0.3 is 0 Å². The van der Waals surface area contributed by atoms with Crippen LogP contribution in [-0.4, -0.2) is 29.4 Å². The van der Waals surface area contributed by atoms with Crippen LogP contribution in [0.25, 0.3) is 10.9 Å². The second-order valence-electron chi connectivity index (χ2n) is 5.85. The van der Waals surface area contributed by atoms with Crippen molar-refractivity contribution in [1.82, 2.24) is 9.88 Å². The Balaban J connectivity index is 2.48. The van der Waals surface area contributed by atoms with Gasteiger partial charge in [-0.15, -0.1) is 0 Å². The quantitative estimate of drug-likeness (QED) is 0.823. The van der Waals surface area contributed by atoms with E-state index in [2.05, 4.69) is 25.8 Å². The maximum absolute atomic E-state index is 12.7. The minimum Gasteiger partial charge on any atom is -0.342 e. The number of fused-ring (bicyclic) bond motifs is 1. The van der Waals surface area contributed by atoms with Crippen LogP contribution in [0.2, 0.25) is 0 Å². The third kappa shape index (κ3) is 3.41. The first-order valence-corrected chi connectivity index (χ1v) is 7.69. The second-order valence-corrected chi connectivity index (χ2v) is 5.85. The summed E-state index contributed by atoms with van der Waals surface area (Å²) in [4.78, 5) is 19.2. The molecule has 2 rings (SSSR count). The van der Waals surface area contributed by atoms with E-state index in [1.54, 1.807) is 0 Å². The van der Waals surface area contributed by atoms with Gasteiger partial charge in [0.1, 0.15) is 0 Å². The van der Waals surface area contributed by atoms with Crippen molar-refractivity contribution in [2.24, 2.45) is 0 Å². The van der Waals surface area contributed by atoms with Crippen molar-refractivity contribution in [1.29, 1.82) is 0 Å². The van der Waals surface area contributed by atoms with Crippen LogP contribution in [0.5, 0.6) is 0 Å². The molecule has 0 saturated heterocycles. The Morgan fingerprint density at radius 2 is 2.00 bits per heavy atom. The maximum atomic E-state index is 12.7. The van der Waals surface area contributed by atoms with Crippen LogP contribution in [0.1, 0.15) is 55.6 Å². The minimum absolute atomic E-state index is 0.0870. The molecule has 0 aliphatic heterocycles. The monoisotopic (exact) mass is 284 g/mol. The number of nitrogens with zero attached hydrogens (tertiary/aromatic N) is 2. The van der Waals surface area contributed by atoms with Crippen molar-refractivity contribution in [3.05, 3.63) is 41.6 Å². The van der Waals surface area contributed by atoms with Gasteiger partial charge in [-0.2, -0.15) is 0 Å². The smallest absolute Gasteiger partial charge is 0.254 e. The van der Waals surface area contributed by atoms with E-state index >= 15 is 0 Å². The number of unbranched alkanes of at least 4 members (excludes halogenated alkanes) is 1. The van der Waals surface area contributed by atoms with Gasteiger partial charge in [-0.3, -0.25) is 9.78 Å². The van der Waals surface area contributed by atoms with Gasteiger partial charge in [-0.1, -0.05) is 45.4 Å². The van der Waals surface area contributed by atoms with Crippen molar-refractivity contribution >= 4 is 16.8 Å². The van der Waals surface area contributed by atoms with Gasteiger partial charge in [0.05, 0.1) is 11.1 Å². The van der Waals surface area contributed by atoms with Gasteiger partial charge in [-0.05, 0) is 24.5 Å². The highest BCUT2D eigenvalue weighted by molar-refractivity contribution is 6.06. The van der Waals surface area contributed by atoms with Gasteiger partial charge in [0.15, 0.2) is 0 Å². The first kappa shape index (κ1) is 15.5. The average molecular weight is 284 g/mol. The molecular formula is C18H24N2O. The summed E-state index contributed by atoms with van der Waals surface area (Å²) in [6.07, 6.45) is 2.12. The number of carbonyl (C=O) groups excluding carboxylic acids is 1. The molecule has 3 heteroatoms. The Kier molecular flexibility index (Phi) is 4.94. The minimum atomic E-state index is 0.0870. The van der Waals surface area contributed by atoms with Gasteiger partial charge < -0.3 is 4.90 Å². The molecular weight excluding hydrogens is 260 g/mol. The molecule has 0 fully saturated rings. The Hall–Kier alpha value is -1.90. The number of aromatic nitrogens is 1. The molecule has 0 spiro atoms. The van der Waals surface area contributed by atoms with E-state index in [1.807, 2.05) is 42.3 Å². The summed E-state index contributed by atoms with van der Waals surface area (Å²) in [6.45, 7) is 7.14. The van der Waals surface area contributed by atoms with E-state index < -0.39 is 0 Å². The van der Waals surface area contributed by atoms with Crippen molar-refractivity contribution < 1.29 is 4.79 Å². The first-order chi connectivity index (χ1) is 10.0. The van der Waals surface area contributed by atoms with Crippen LogP contribution in [0.3, 0.4) is 0 Å². The number of hydrogen-bond acceptors (Lipinski definition) is 2. The van der Waals surface area contributed by atoms with Gasteiger partial charge in [0, 0.05) is 24.7 Å². The predicted octanol–water partition coefficient (Wildman–Crippen LogP) is 4.23. The molecule has 3 nitrogen and oxygen atoms in total. The van der Waals surface area contributed by atoms with Gasteiger partial charge in [-0.25, -0.2) is 0 Å². The highest BCUT2D eigenvalue weighted by Gasteiger charge is 2.17. The van der Waals surface area contributed by atoms with Crippen molar-refractivity contribution in [3.63, 3.8) is 0 Å². The van der Waals surface area contributed by atoms with Crippen LogP contribution in [0.15, 0.2) is 30.3 Å². The molecule has 0 atom stereocenters. The Labute approximate surface area is 127 Å². The molecule has 0 aliphatic carbocycles. The maximum Gasteiger partial charge on any atom is 0.254 e. The molecule has 1 aromatic carbocycles. The molecule has 0 unspecified atom stereocenters. The highest BCUT2D eigenvalue weighted by atomic mass is 16.2. The number of hydrogen-bond donors (Lipinski definition) is 0. The van der Waals surface area contributed by atoms with Crippen molar-refractivity contribution in [2.45, 2.75) is 39.5 Å². The lowest BCUT2D eigenvalue weighted by Gasteiger charge is -2.19. The average Bonchev–Trinajstić information content (AvgIpc) is 2.50. The predicted molar refractivity (Wildman–Crippen MR) is 87.7 cm³/mol. The third-order valence-electron chi connectivity index (χ3n) is 3.75. The Bertz CT molecular complexity index is 634. The zero-order chi connectivity index (χ0) is 15.4. The van der Waals surface area contributed by atoms with Crippen LogP contribution in [-0.2, 0) is 0 Å². The molecule has 112 valence electrons. The number of benzene rings is 1. The molecule has 0 aliphatic rings. The fraction of sp³-hybridized carbons (Fsp3) is 0.444. The fourth-order valence-corrected chi connectivity index (χ4v) is 2.37. The van der Waals surface area contributed by atoms with Gasteiger partial charge in [0.25, 0.3) is 5.91 Å². The van der Waals surface area contributed by atoms with Gasteiger partial charge in [0.2, 0.25) is 0 Å². The molecule has 0 saturated carbocycles. The summed E-state index contributed by atoms with van der Waals surface area (Å²) in [6, 6.07) is 9.84. The second kappa shape index (κ2) is 6.70. The summed E-state index contributed by atoms with van der Waals surface area (Å²) in [7, 11) is 1.88. The van der Waals surface area contributed by atoms with Crippen molar-refractivity contribution in [2.75, 3.05) is 13.6 Å². The molecule has 1 aromatic heterocycles. The Morgan fingerprint density at radius 1 is 1.29 bits per heavy atom. The SMILES string of the molecule is CCCCN(C)C(=O)c1cc(C(C)C)nc2ccccc12. The zero-order valence-electron chi connectivity index (χ0n) is 13.4. The van der Waals surface area contributed by atoms with E-state index in [0.717, 1.165) is 41.5 Å². The summed E-state index contributed by atoms with van der Waals surface area (Å²) in [5.74, 6) is 0.394. The van der Waals surface area contributed by atoms with E-state index in [4.69, 9.17) is 0 Å². The molecule has 0 radical (unpaired) electrons. The lowest BCUT2D eigenvalue weighted by atomic mass is 10.0. The number of amides is 1.